The normalized spacial score (nSPS) is 21.2. The third kappa shape index (κ3) is 4.81. The van der Waals surface area contributed by atoms with Crippen LogP contribution in [0.4, 0.5) is 0 Å². The third-order valence-corrected chi connectivity index (χ3v) is 5.61. The molecular weight excluding hydrogens is 332 g/mol. The number of nitrogens with zero attached hydrogens (tertiary/aromatic N) is 5. The van der Waals surface area contributed by atoms with Crippen molar-refractivity contribution in [3.63, 3.8) is 0 Å². The molecule has 2 saturated heterocycles. The number of aromatic nitrogens is 3. The summed E-state index contributed by atoms with van der Waals surface area (Å²) in [5.74, 6) is 2.59. The van der Waals surface area contributed by atoms with Crippen molar-refractivity contribution in [2.75, 3.05) is 39.3 Å². The highest BCUT2D eigenvalue weighted by Crippen LogP contribution is 2.27. The first kappa shape index (κ1) is 19.3. The van der Waals surface area contributed by atoms with Crippen LogP contribution in [0.1, 0.15) is 50.2 Å². The average Bonchev–Trinajstić information content (AvgIpc) is 2.98. The molecule has 2 fully saturated rings. The van der Waals surface area contributed by atoms with Gasteiger partial charge in [0, 0.05) is 32.6 Å². The summed E-state index contributed by atoms with van der Waals surface area (Å²) in [6.07, 6.45) is 3.57. The third-order valence-electron chi connectivity index (χ3n) is 5.61. The fraction of sp³-hybridized carbons (Fsp3) is 0.833. The summed E-state index contributed by atoms with van der Waals surface area (Å²) in [5.41, 5.74) is 0. The van der Waals surface area contributed by atoms with Gasteiger partial charge in [0.05, 0.1) is 19.2 Å². The molecule has 26 heavy (non-hydrogen) atoms. The number of aliphatic hydroxyl groups excluding tert-OH is 1. The molecule has 2 N–H and O–H groups in total. The van der Waals surface area contributed by atoms with Crippen molar-refractivity contribution < 1.29 is 9.90 Å². The average molecular weight is 364 g/mol. The first-order chi connectivity index (χ1) is 12.6. The Bertz CT molecular complexity index is 589. The van der Waals surface area contributed by atoms with Crippen LogP contribution >= 0.6 is 0 Å². The monoisotopic (exact) mass is 364 g/mol. The molecule has 0 radical (unpaired) electrons. The predicted octanol–water partition coefficient (Wildman–Crippen LogP) is 0.0873. The fourth-order valence-electron chi connectivity index (χ4n) is 3.95. The van der Waals surface area contributed by atoms with Crippen LogP contribution in [-0.4, -0.2) is 81.0 Å². The van der Waals surface area contributed by atoms with E-state index in [0.29, 0.717) is 19.0 Å². The molecular formula is C18H32N6O2. The molecule has 1 amide bonds. The standard InChI is InChI=1S/C18H32N6O2/c1-3-19-17(26)13-24-8-4-14(5-9-24)18-21-20-16(22(18)2)12-23-10-6-15(25)7-11-23/h14-15,25H,3-13H2,1-2H3,(H,19,26). The second-order valence-corrected chi connectivity index (χ2v) is 7.54. The Hall–Kier alpha value is -1.51. The van der Waals surface area contributed by atoms with Crippen molar-refractivity contribution in [2.24, 2.45) is 7.05 Å². The van der Waals surface area contributed by atoms with Gasteiger partial charge in [-0.3, -0.25) is 14.6 Å². The lowest BCUT2D eigenvalue weighted by Gasteiger charge is -2.31. The largest absolute Gasteiger partial charge is 0.393 e. The zero-order valence-electron chi connectivity index (χ0n) is 16.0. The maximum Gasteiger partial charge on any atom is 0.234 e. The molecule has 1 aromatic heterocycles. The highest BCUT2D eigenvalue weighted by Gasteiger charge is 2.27. The van der Waals surface area contributed by atoms with E-state index in [0.717, 1.165) is 70.1 Å². The molecule has 0 atom stereocenters. The van der Waals surface area contributed by atoms with Gasteiger partial charge in [0.2, 0.25) is 5.91 Å². The van der Waals surface area contributed by atoms with Gasteiger partial charge in [-0.05, 0) is 45.7 Å². The first-order valence-electron chi connectivity index (χ1n) is 9.84. The molecule has 146 valence electrons. The van der Waals surface area contributed by atoms with Gasteiger partial charge in [-0.15, -0.1) is 10.2 Å². The Kier molecular flexibility index (Phi) is 6.61. The Morgan fingerprint density at radius 2 is 1.77 bits per heavy atom. The van der Waals surface area contributed by atoms with Crippen LogP contribution in [0.3, 0.4) is 0 Å². The van der Waals surface area contributed by atoms with Gasteiger partial charge in [0.1, 0.15) is 11.6 Å². The Labute approximate surface area is 155 Å². The Balaban J connectivity index is 1.51. The van der Waals surface area contributed by atoms with Crippen LogP contribution in [0.15, 0.2) is 0 Å². The number of piperidine rings is 2. The topological polar surface area (TPSA) is 86.5 Å². The van der Waals surface area contributed by atoms with Crippen molar-refractivity contribution in [3.05, 3.63) is 11.6 Å². The second-order valence-electron chi connectivity index (χ2n) is 7.54. The van der Waals surface area contributed by atoms with E-state index in [4.69, 9.17) is 0 Å². The van der Waals surface area contributed by atoms with Crippen LogP contribution in [0.25, 0.3) is 0 Å². The summed E-state index contributed by atoms with van der Waals surface area (Å²) in [6.45, 7) is 7.61. The number of carbonyl (C=O) groups is 1. The minimum Gasteiger partial charge on any atom is -0.393 e. The number of likely N-dealkylation sites (tertiary alicyclic amines) is 2. The maximum absolute atomic E-state index is 11.7. The zero-order valence-corrected chi connectivity index (χ0v) is 16.0. The van der Waals surface area contributed by atoms with E-state index in [9.17, 15) is 9.90 Å². The quantitative estimate of drug-likeness (QED) is 0.744. The number of nitrogens with one attached hydrogen (secondary N) is 1. The number of carbonyl (C=O) groups excluding carboxylic acids is 1. The molecule has 8 nitrogen and oxygen atoms in total. The Morgan fingerprint density at radius 3 is 2.42 bits per heavy atom. The molecule has 0 spiro atoms. The summed E-state index contributed by atoms with van der Waals surface area (Å²) in [7, 11) is 2.06. The molecule has 2 aliphatic heterocycles. The minimum atomic E-state index is -0.147. The maximum atomic E-state index is 11.7. The SMILES string of the molecule is CCNC(=O)CN1CCC(c2nnc(CN3CCC(O)CC3)n2C)CC1. The van der Waals surface area contributed by atoms with Gasteiger partial charge >= 0.3 is 0 Å². The first-order valence-corrected chi connectivity index (χ1v) is 9.84. The summed E-state index contributed by atoms with van der Waals surface area (Å²) in [5, 5.41) is 21.4. The van der Waals surface area contributed by atoms with Crippen LogP contribution in [-0.2, 0) is 18.4 Å². The van der Waals surface area contributed by atoms with Crippen molar-refractivity contribution in [2.45, 2.75) is 51.2 Å². The van der Waals surface area contributed by atoms with E-state index >= 15 is 0 Å². The van der Waals surface area contributed by atoms with Gasteiger partial charge in [-0.25, -0.2) is 0 Å². The van der Waals surface area contributed by atoms with Crippen molar-refractivity contribution >= 4 is 5.91 Å². The summed E-state index contributed by atoms with van der Waals surface area (Å²) in [4.78, 5) is 16.3. The predicted molar refractivity (Wildman–Crippen MR) is 98.6 cm³/mol. The molecule has 0 unspecified atom stereocenters. The molecule has 3 rings (SSSR count). The lowest BCUT2D eigenvalue weighted by Crippen LogP contribution is -2.41. The molecule has 0 aliphatic carbocycles. The second kappa shape index (κ2) is 8.92. The molecule has 8 heteroatoms. The number of amides is 1. The summed E-state index contributed by atoms with van der Waals surface area (Å²) >= 11 is 0. The summed E-state index contributed by atoms with van der Waals surface area (Å²) < 4.78 is 2.15. The van der Waals surface area contributed by atoms with E-state index in [1.807, 2.05) is 6.92 Å². The van der Waals surface area contributed by atoms with Crippen molar-refractivity contribution in [1.29, 1.82) is 0 Å². The lowest BCUT2D eigenvalue weighted by molar-refractivity contribution is -0.122. The highest BCUT2D eigenvalue weighted by molar-refractivity contribution is 5.77. The van der Waals surface area contributed by atoms with Crippen LogP contribution in [0, 0.1) is 0 Å². The van der Waals surface area contributed by atoms with Crippen molar-refractivity contribution in [3.8, 4) is 0 Å². The van der Waals surface area contributed by atoms with Gasteiger partial charge in [0.15, 0.2) is 0 Å². The van der Waals surface area contributed by atoms with Crippen LogP contribution in [0.5, 0.6) is 0 Å². The minimum absolute atomic E-state index is 0.110. The number of hydrogen-bond donors (Lipinski definition) is 2. The molecule has 1 aromatic rings. The lowest BCUT2D eigenvalue weighted by atomic mass is 9.96. The van der Waals surface area contributed by atoms with Gasteiger partial charge in [-0.1, -0.05) is 0 Å². The van der Waals surface area contributed by atoms with Crippen LogP contribution < -0.4 is 5.32 Å². The van der Waals surface area contributed by atoms with E-state index in [1.165, 1.54) is 0 Å². The summed E-state index contributed by atoms with van der Waals surface area (Å²) in [6, 6.07) is 0. The van der Waals surface area contributed by atoms with Gasteiger partial charge in [0.25, 0.3) is 0 Å². The van der Waals surface area contributed by atoms with E-state index in [2.05, 4.69) is 36.9 Å². The zero-order chi connectivity index (χ0) is 18.5. The van der Waals surface area contributed by atoms with E-state index in [-0.39, 0.29) is 12.0 Å². The highest BCUT2D eigenvalue weighted by atomic mass is 16.3. The molecule has 0 bridgehead atoms. The molecule has 0 saturated carbocycles. The number of aliphatic hydroxyl groups is 1. The number of hydrogen-bond acceptors (Lipinski definition) is 6. The van der Waals surface area contributed by atoms with Gasteiger partial charge in [-0.2, -0.15) is 0 Å². The van der Waals surface area contributed by atoms with E-state index < -0.39 is 0 Å². The molecule has 0 aromatic carbocycles. The molecule has 3 heterocycles. The van der Waals surface area contributed by atoms with Gasteiger partial charge < -0.3 is 15.0 Å². The smallest absolute Gasteiger partial charge is 0.234 e. The number of rotatable bonds is 6. The Morgan fingerprint density at radius 1 is 1.12 bits per heavy atom. The number of likely N-dealkylation sites (N-methyl/N-ethyl adjacent to an activating group) is 1. The fourth-order valence-corrected chi connectivity index (χ4v) is 3.95. The molecule has 2 aliphatic rings. The van der Waals surface area contributed by atoms with Crippen LogP contribution in [0.2, 0.25) is 0 Å². The van der Waals surface area contributed by atoms with Crippen molar-refractivity contribution in [1.82, 2.24) is 29.9 Å². The van der Waals surface area contributed by atoms with E-state index in [1.54, 1.807) is 0 Å².